The predicted octanol–water partition coefficient (Wildman–Crippen LogP) is 3.34. The van der Waals surface area contributed by atoms with Crippen LogP contribution in [0.2, 0.25) is 0 Å². The molecule has 5 heteroatoms. The third kappa shape index (κ3) is 3.43. The zero-order chi connectivity index (χ0) is 14.5. The quantitative estimate of drug-likeness (QED) is 0.899. The predicted molar refractivity (Wildman–Crippen MR) is 81.3 cm³/mol. The van der Waals surface area contributed by atoms with E-state index in [1.54, 1.807) is 18.2 Å². The average Bonchev–Trinajstić information content (AvgIpc) is 2.44. The van der Waals surface area contributed by atoms with E-state index in [2.05, 4.69) is 21.2 Å². The van der Waals surface area contributed by atoms with Crippen LogP contribution >= 0.6 is 15.9 Å². The summed E-state index contributed by atoms with van der Waals surface area (Å²) in [5, 5.41) is 2.70. The van der Waals surface area contributed by atoms with Crippen LogP contribution in [0.1, 0.15) is 15.9 Å². The van der Waals surface area contributed by atoms with Crippen LogP contribution in [-0.2, 0) is 6.42 Å². The van der Waals surface area contributed by atoms with E-state index < -0.39 is 5.82 Å². The number of nitrogens with one attached hydrogen (secondary N) is 1. The minimum atomic E-state index is -0.404. The molecule has 2 aromatic carbocycles. The lowest BCUT2D eigenvalue weighted by Crippen LogP contribution is -2.16. The Labute approximate surface area is 125 Å². The zero-order valence-corrected chi connectivity index (χ0v) is 12.3. The highest BCUT2D eigenvalue weighted by Crippen LogP contribution is 2.24. The van der Waals surface area contributed by atoms with Crippen molar-refractivity contribution in [1.29, 1.82) is 0 Å². The van der Waals surface area contributed by atoms with Crippen molar-refractivity contribution in [3.05, 3.63) is 63.9 Å². The van der Waals surface area contributed by atoms with E-state index in [9.17, 15) is 9.18 Å². The number of benzene rings is 2. The first-order chi connectivity index (χ1) is 9.61. The molecule has 0 aliphatic heterocycles. The Kier molecular flexibility index (Phi) is 4.87. The number of hydrogen-bond acceptors (Lipinski definition) is 2. The van der Waals surface area contributed by atoms with E-state index in [1.165, 1.54) is 12.1 Å². The molecule has 0 saturated heterocycles. The average molecular weight is 337 g/mol. The Hall–Kier alpha value is -1.72. The summed E-state index contributed by atoms with van der Waals surface area (Å²) in [6.07, 6.45) is 0.619. The molecule has 3 nitrogen and oxygen atoms in total. The first kappa shape index (κ1) is 14.7. The molecule has 0 saturated carbocycles. The van der Waals surface area contributed by atoms with Gasteiger partial charge in [-0.05, 0) is 58.7 Å². The van der Waals surface area contributed by atoms with Gasteiger partial charge < -0.3 is 11.1 Å². The minimum Gasteiger partial charge on any atom is -0.330 e. The summed E-state index contributed by atoms with van der Waals surface area (Å²) in [5.41, 5.74) is 7.36. The normalized spacial score (nSPS) is 10.3. The van der Waals surface area contributed by atoms with Crippen LogP contribution in [0.5, 0.6) is 0 Å². The number of anilines is 1. The molecule has 0 aliphatic rings. The van der Waals surface area contributed by atoms with Crippen molar-refractivity contribution in [2.24, 2.45) is 5.73 Å². The van der Waals surface area contributed by atoms with Gasteiger partial charge in [-0.2, -0.15) is 0 Å². The molecule has 0 heterocycles. The molecule has 1 amide bonds. The highest BCUT2D eigenvalue weighted by atomic mass is 79.9. The smallest absolute Gasteiger partial charge is 0.255 e. The van der Waals surface area contributed by atoms with E-state index in [-0.39, 0.29) is 5.91 Å². The molecule has 2 aromatic rings. The van der Waals surface area contributed by atoms with Gasteiger partial charge in [0.15, 0.2) is 0 Å². The van der Waals surface area contributed by atoms with Crippen LogP contribution in [-0.4, -0.2) is 12.5 Å². The fourth-order valence-electron chi connectivity index (χ4n) is 1.90. The molecule has 0 spiro atoms. The highest BCUT2D eigenvalue weighted by molar-refractivity contribution is 9.10. The van der Waals surface area contributed by atoms with Gasteiger partial charge in [-0.15, -0.1) is 0 Å². The summed E-state index contributed by atoms with van der Waals surface area (Å²) in [7, 11) is 0. The second-order valence-electron chi connectivity index (χ2n) is 4.27. The molecule has 0 fully saturated rings. The van der Waals surface area contributed by atoms with Gasteiger partial charge >= 0.3 is 0 Å². The van der Waals surface area contributed by atoms with Crippen molar-refractivity contribution in [3.63, 3.8) is 0 Å². The van der Waals surface area contributed by atoms with Crippen LogP contribution in [0.4, 0.5) is 10.1 Å². The van der Waals surface area contributed by atoms with E-state index in [0.717, 1.165) is 5.56 Å². The maximum Gasteiger partial charge on any atom is 0.255 e. The minimum absolute atomic E-state index is 0.277. The van der Waals surface area contributed by atoms with E-state index >= 15 is 0 Å². The van der Waals surface area contributed by atoms with Crippen molar-refractivity contribution >= 4 is 27.5 Å². The fourth-order valence-corrected chi connectivity index (χ4v) is 2.24. The van der Waals surface area contributed by atoms with E-state index in [4.69, 9.17) is 5.73 Å². The first-order valence-corrected chi connectivity index (χ1v) is 6.95. The number of rotatable bonds is 4. The molecule has 0 radical (unpaired) electrons. The lowest BCUT2D eigenvalue weighted by Gasteiger charge is -2.11. The number of nitrogens with two attached hydrogens (primary N) is 1. The van der Waals surface area contributed by atoms with Gasteiger partial charge in [-0.25, -0.2) is 4.39 Å². The molecule has 0 unspecified atom stereocenters. The zero-order valence-electron chi connectivity index (χ0n) is 10.7. The lowest BCUT2D eigenvalue weighted by molar-refractivity contribution is 0.102. The monoisotopic (exact) mass is 336 g/mol. The highest BCUT2D eigenvalue weighted by Gasteiger charge is 2.12. The third-order valence-corrected chi connectivity index (χ3v) is 3.54. The Morgan fingerprint density at radius 3 is 2.75 bits per heavy atom. The van der Waals surface area contributed by atoms with Crippen LogP contribution in [0.25, 0.3) is 0 Å². The summed E-state index contributed by atoms with van der Waals surface area (Å²) in [6, 6.07) is 11.4. The lowest BCUT2D eigenvalue weighted by atomic mass is 10.0. The number of carbonyl (C=O) groups excluding carboxylic acids is 1. The van der Waals surface area contributed by atoms with Crippen molar-refractivity contribution in [2.45, 2.75) is 6.42 Å². The number of hydrogen-bond donors (Lipinski definition) is 2. The van der Waals surface area contributed by atoms with Crippen molar-refractivity contribution in [1.82, 2.24) is 0 Å². The number of carbonyl (C=O) groups is 1. The maximum absolute atomic E-state index is 13.2. The van der Waals surface area contributed by atoms with Gasteiger partial charge in [0, 0.05) is 10.0 Å². The van der Waals surface area contributed by atoms with Gasteiger partial charge in [0.2, 0.25) is 0 Å². The van der Waals surface area contributed by atoms with Gasteiger partial charge in [-0.3, -0.25) is 4.79 Å². The molecule has 0 atom stereocenters. The van der Waals surface area contributed by atoms with Gasteiger partial charge in [0.25, 0.3) is 5.91 Å². The largest absolute Gasteiger partial charge is 0.330 e. The SMILES string of the molecule is NCCc1ccccc1C(=O)Nc1cc(F)ccc1Br. The molecule has 0 aromatic heterocycles. The van der Waals surface area contributed by atoms with Gasteiger partial charge in [0.1, 0.15) is 5.82 Å². The topological polar surface area (TPSA) is 55.1 Å². The number of halogens is 2. The van der Waals surface area contributed by atoms with Crippen molar-refractivity contribution < 1.29 is 9.18 Å². The molecule has 20 heavy (non-hydrogen) atoms. The van der Waals surface area contributed by atoms with Gasteiger partial charge in [0.05, 0.1) is 5.69 Å². The van der Waals surface area contributed by atoms with Crippen molar-refractivity contribution in [3.8, 4) is 0 Å². The Bertz CT molecular complexity index is 631. The molecule has 2 rings (SSSR count). The molecular formula is C15H14BrFN2O. The summed E-state index contributed by atoms with van der Waals surface area (Å²) in [6.45, 7) is 0.466. The van der Waals surface area contributed by atoms with Crippen molar-refractivity contribution in [2.75, 3.05) is 11.9 Å². The molecule has 0 aliphatic carbocycles. The van der Waals surface area contributed by atoms with Gasteiger partial charge in [-0.1, -0.05) is 18.2 Å². The molecule has 0 bridgehead atoms. The van der Waals surface area contributed by atoms with E-state index in [1.807, 2.05) is 12.1 Å². The standard InChI is InChI=1S/C15H14BrFN2O/c16-13-6-5-11(17)9-14(13)19-15(20)12-4-2-1-3-10(12)7-8-18/h1-6,9H,7-8,18H2,(H,19,20). The summed E-state index contributed by atoms with van der Waals surface area (Å²) in [5.74, 6) is -0.681. The molecule has 104 valence electrons. The van der Waals surface area contributed by atoms with E-state index in [0.29, 0.717) is 28.7 Å². The number of amides is 1. The molecular weight excluding hydrogens is 323 g/mol. The maximum atomic E-state index is 13.2. The van der Waals surface area contributed by atoms with Crippen LogP contribution < -0.4 is 11.1 Å². The van der Waals surface area contributed by atoms with Crippen LogP contribution in [0.3, 0.4) is 0 Å². The summed E-state index contributed by atoms with van der Waals surface area (Å²) >= 11 is 3.28. The Morgan fingerprint density at radius 1 is 1.25 bits per heavy atom. The first-order valence-electron chi connectivity index (χ1n) is 6.16. The van der Waals surface area contributed by atoms with Crippen LogP contribution in [0, 0.1) is 5.82 Å². The Balaban J connectivity index is 2.26. The second kappa shape index (κ2) is 6.63. The second-order valence-corrected chi connectivity index (χ2v) is 5.13. The fraction of sp³-hybridized carbons (Fsp3) is 0.133. The van der Waals surface area contributed by atoms with Crippen LogP contribution in [0.15, 0.2) is 46.9 Å². The third-order valence-electron chi connectivity index (χ3n) is 2.85. The Morgan fingerprint density at radius 2 is 2.00 bits per heavy atom. The summed E-state index contributed by atoms with van der Waals surface area (Å²) in [4.78, 5) is 12.3. The molecule has 3 N–H and O–H groups in total. The summed E-state index contributed by atoms with van der Waals surface area (Å²) < 4.78 is 13.8.